The molecule has 1 aliphatic carbocycles. The van der Waals surface area contributed by atoms with Gasteiger partial charge in [-0.3, -0.25) is 5.43 Å². The number of thiazole rings is 1. The molecule has 4 N–H and O–H groups in total. The minimum Gasteiger partial charge on any atom is -0.346 e. The molecule has 1 aromatic rings. The number of aliphatic imine (C=N–C) groups is 1. The smallest absolute Gasteiger partial charge is 0.206 e. The third-order valence-electron chi connectivity index (χ3n) is 3.13. The van der Waals surface area contributed by atoms with E-state index in [1.165, 1.54) is 12.8 Å². The highest BCUT2D eigenvalue weighted by Gasteiger charge is 2.16. The van der Waals surface area contributed by atoms with Crippen LogP contribution < -0.4 is 16.6 Å². The number of hydrazine groups is 1. The van der Waals surface area contributed by atoms with Gasteiger partial charge in [-0.15, -0.1) is 11.3 Å². The van der Waals surface area contributed by atoms with Crippen molar-refractivity contribution in [3.63, 3.8) is 0 Å². The summed E-state index contributed by atoms with van der Waals surface area (Å²) < 4.78 is 0. The largest absolute Gasteiger partial charge is 0.346 e. The summed E-state index contributed by atoms with van der Waals surface area (Å²) in [6.07, 6.45) is 4.87. The minimum atomic E-state index is 0.125. The zero-order chi connectivity index (χ0) is 13.0. The molecule has 1 fully saturated rings. The molecule has 6 heteroatoms. The number of aryl methyl sites for hydroxylation is 1. The number of nitrogens with one attached hydrogen (secondary N) is 2. The van der Waals surface area contributed by atoms with Gasteiger partial charge >= 0.3 is 0 Å². The van der Waals surface area contributed by atoms with E-state index in [1.54, 1.807) is 11.3 Å². The number of guanidine groups is 1. The van der Waals surface area contributed by atoms with Crippen molar-refractivity contribution in [2.75, 3.05) is 0 Å². The molecule has 18 heavy (non-hydrogen) atoms. The fourth-order valence-corrected chi connectivity index (χ4v) is 2.97. The Kier molecular flexibility index (Phi) is 4.54. The number of nitrogens with two attached hydrogens (primary N) is 1. The van der Waals surface area contributed by atoms with Gasteiger partial charge in [-0.05, 0) is 26.7 Å². The summed E-state index contributed by atoms with van der Waals surface area (Å²) in [6, 6.07) is 0.536. The Bertz CT molecular complexity index is 408. The summed E-state index contributed by atoms with van der Waals surface area (Å²) in [5.41, 5.74) is 3.71. The first kappa shape index (κ1) is 13.3. The molecule has 1 unspecified atom stereocenters. The van der Waals surface area contributed by atoms with E-state index in [0.717, 1.165) is 23.5 Å². The standard InChI is InChI=1S/C12H21N5S/c1-8-7-18-11(14-8)9(2)15-12(17-13)16-10-5-3-4-6-10/h7,9-10H,3-6,13H2,1-2H3,(H2,15,16,17). The summed E-state index contributed by atoms with van der Waals surface area (Å²) in [7, 11) is 0. The molecular formula is C12H21N5S. The molecule has 0 saturated heterocycles. The van der Waals surface area contributed by atoms with Crippen LogP contribution in [0.15, 0.2) is 10.4 Å². The van der Waals surface area contributed by atoms with Crippen LogP contribution in [-0.2, 0) is 0 Å². The van der Waals surface area contributed by atoms with E-state index < -0.39 is 0 Å². The van der Waals surface area contributed by atoms with Crippen LogP contribution in [0.2, 0.25) is 0 Å². The van der Waals surface area contributed by atoms with Crippen molar-refractivity contribution >= 4 is 17.3 Å². The molecule has 1 saturated carbocycles. The second-order valence-electron chi connectivity index (χ2n) is 4.75. The van der Waals surface area contributed by atoms with Gasteiger partial charge in [0.05, 0.1) is 12.1 Å². The van der Waals surface area contributed by atoms with Gasteiger partial charge < -0.3 is 5.32 Å². The van der Waals surface area contributed by atoms with Gasteiger partial charge in [-0.2, -0.15) is 0 Å². The van der Waals surface area contributed by atoms with E-state index in [9.17, 15) is 0 Å². The van der Waals surface area contributed by atoms with E-state index in [4.69, 9.17) is 5.84 Å². The van der Waals surface area contributed by atoms with Crippen molar-refractivity contribution in [1.29, 1.82) is 0 Å². The van der Waals surface area contributed by atoms with Gasteiger partial charge in [0.1, 0.15) is 5.01 Å². The highest BCUT2D eigenvalue weighted by molar-refractivity contribution is 7.09. The number of hydrogen-bond acceptors (Lipinski definition) is 4. The molecule has 0 aromatic carbocycles. The molecule has 100 valence electrons. The number of hydrogen-bond donors (Lipinski definition) is 3. The van der Waals surface area contributed by atoms with Crippen LogP contribution in [0.1, 0.15) is 49.4 Å². The number of rotatable bonds is 3. The fraction of sp³-hybridized carbons (Fsp3) is 0.667. The Labute approximate surface area is 112 Å². The summed E-state index contributed by atoms with van der Waals surface area (Å²) in [6.45, 7) is 4.07. The molecular weight excluding hydrogens is 246 g/mol. The SMILES string of the molecule is Cc1csc(C(C)NC(=NC2CCCC2)NN)n1. The molecule has 1 aromatic heterocycles. The van der Waals surface area contributed by atoms with Crippen LogP contribution in [0.3, 0.4) is 0 Å². The average Bonchev–Trinajstić information content (AvgIpc) is 2.99. The number of aromatic nitrogens is 1. The maximum absolute atomic E-state index is 5.52. The molecule has 1 atom stereocenters. The van der Waals surface area contributed by atoms with E-state index in [2.05, 4.69) is 33.0 Å². The molecule has 5 nitrogen and oxygen atoms in total. The Hall–Kier alpha value is -1.14. The molecule has 0 aliphatic heterocycles. The lowest BCUT2D eigenvalue weighted by Crippen LogP contribution is -2.43. The highest BCUT2D eigenvalue weighted by Crippen LogP contribution is 2.21. The molecule has 0 radical (unpaired) electrons. The topological polar surface area (TPSA) is 75.3 Å². The van der Waals surface area contributed by atoms with Crippen LogP contribution >= 0.6 is 11.3 Å². The van der Waals surface area contributed by atoms with Crippen molar-refractivity contribution in [2.45, 2.75) is 51.6 Å². The summed E-state index contributed by atoms with van der Waals surface area (Å²) in [4.78, 5) is 9.07. The fourth-order valence-electron chi connectivity index (χ4n) is 2.17. The predicted octanol–water partition coefficient (Wildman–Crippen LogP) is 1.86. The van der Waals surface area contributed by atoms with E-state index >= 15 is 0 Å². The second kappa shape index (κ2) is 6.15. The maximum Gasteiger partial charge on any atom is 0.206 e. The molecule has 2 rings (SSSR count). The Morgan fingerprint density at radius 1 is 1.56 bits per heavy atom. The summed E-state index contributed by atoms with van der Waals surface area (Å²) in [5, 5.41) is 6.39. The van der Waals surface area contributed by atoms with E-state index in [1.807, 2.05) is 6.92 Å². The molecule has 1 aliphatic rings. The second-order valence-corrected chi connectivity index (χ2v) is 5.64. The van der Waals surface area contributed by atoms with Gasteiger partial charge in [0.2, 0.25) is 5.96 Å². The molecule has 0 bridgehead atoms. The minimum absolute atomic E-state index is 0.125. The van der Waals surface area contributed by atoms with Crippen LogP contribution in [-0.4, -0.2) is 17.0 Å². The first-order valence-corrected chi connectivity index (χ1v) is 7.30. The van der Waals surface area contributed by atoms with E-state index in [-0.39, 0.29) is 6.04 Å². The van der Waals surface area contributed by atoms with Crippen LogP contribution in [0.25, 0.3) is 0 Å². The Morgan fingerprint density at radius 3 is 2.83 bits per heavy atom. The summed E-state index contributed by atoms with van der Waals surface area (Å²) in [5.74, 6) is 6.19. The maximum atomic E-state index is 5.52. The van der Waals surface area contributed by atoms with Gasteiger partial charge in [-0.1, -0.05) is 12.8 Å². The zero-order valence-electron chi connectivity index (χ0n) is 10.9. The van der Waals surface area contributed by atoms with Crippen molar-refractivity contribution in [1.82, 2.24) is 15.7 Å². The zero-order valence-corrected chi connectivity index (χ0v) is 11.8. The monoisotopic (exact) mass is 267 g/mol. The van der Waals surface area contributed by atoms with Crippen molar-refractivity contribution in [3.05, 3.63) is 16.1 Å². The van der Waals surface area contributed by atoms with Gasteiger partial charge in [0.25, 0.3) is 0 Å². The highest BCUT2D eigenvalue weighted by atomic mass is 32.1. The number of nitrogens with zero attached hydrogens (tertiary/aromatic N) is 2. The van der Waals surface area contributed by atoms with Gasteiger partial charge in [-0.25, -0.2) is 15.8 Å². The Balaban J connectivity index is 1.97. The molecule has 0 spiro atoms. The third-order valence-corrected chi connectivity index (χ3v) is 4.28. The van der Waals surface area contributed by atoms with Crippen LogP contribution in [0.5, 0.6) is 0 Å². The van der Waals surface area contributed by atoms with Crippen molar-refractivity contribution in [2.24, 2.45) is 10.8 Å². The van der Waals surface area contributed by atoms with Crippen LogP contribution in [0.4, 0.5) is 0 Å². The summed E-state index contributed by atoms with van der Waals surface area (Å²) >= 11 is 1.66. The van der Waals surface area contributed by atoms with Gasteiger partial charge in [0, 0.05) is 11.1 Å². The lowest BCUT2D eigenvalue weighted by atomic mass is 10.3. The normalized spacial score (nSPS) is 18.9. The average molecular weight is 267 g/mol. The molecule has 1 heterocycles. The van der Waals surface area contributed by atoms with Crippen LogP contribution in [0, 0.1) is 6.92 Å². The van der Waals surface area contributed by atoms with Crippen molar-refractivity contribution < 1.29 is 0 Å². The lowest BCUT2D eigenvalue weighted by Gasteiger charge is -2.16. The lowest BCUT2D eigenvalue weighted by molar-refractivity contribution is 0.649. The Morgan fingerprint density at radius 2 is 2.28 bits per heavy atom. The predicted molar refractivity (Wildman–Crippen MR) is 75.4 cm³/mol. The van der Waals surface area contributed by atoms with E-state index in [0.29, 0.717) is 12.0 Å². The first-order chi connectivity index (χ1) is 8.69. The first-order valence-electron chi connectivity index (χ1n) is 6.42. The molecule has 0 amide bonds. The quantitative estimate of drug-likeness (QED) is 0.338. The third kappa shape index (κ3) is 3.43. The van der Waals surface area contributed by atoms with Crippen molar-refractivity contribution in [3.8, 4) is 0 Å². The van der Waals surface area contributed by atoms with Gasteiger partial charge in [0.15, 0.2) is 0 Å².